The van der Waals surface area contributed by atoms with Gasteiger partial charge in [-0.05, 0) is 23.7 Å². The zero-order valence-electron chi connectivity index (χ0n) is 17.2. The van der Waals surface area contributed by atoms with E-state index >= 15 is 0 Å². The Morgan fingerprint density at radius 1 is 0.957 bits per heavy atom. The van der Waals surface area contributed by atoms with Crippen molar-refractivity contribution >= 4 is 8.56 Å². The fraction of sp³-hybridized carbons (Fsp3) is 1.00. The summed E-state index contributed by atoms with van der Waals surface area (Å²) < 4.78 is 12.9. The van der Waals surface area contributed by atoms with Gasteiger partial charge in [0, 0.05) is 24.8 Å². The average Bonchev–Trinajstić information content (AvgIpc) is 2.55. The molecule has 0 radical (unpaired) electrons. The molecule has 1 rings (SSSR count). The fourth-order valence-corrected chi connectivity index (χ4v) is 11.0. The molecule has 3 heteroatoms. The SMILES string of the molecule is CCC1CCCC(CC)C1[Si](OC)(OC)C(C)(C)C(C)C(C)C. The molecule has 0 N–H and O–H groups in total. The van der Waals surface area contributed by atoms with Crippen molar-refractivity contribution in [3.05, 3.63) is 0 Å². The summed E-state index contributed by atoms with van der Waals surface area (Å²) in [4.78, 5) is 0. The summed E-state index contributed by atoms with van der Waals surface area (Å²) in [6.07, 6.45) is 6.60. The zero-order chi connectivity index (χ0) is 17.8. The third-order valence-electron chi connectivity index (χ3n) is 7.30. The topological polar surface area (TPSA) is 18.5 Å². The van der Waals surface area contributed by atoms with Gasteiger partial charge in [0.05, 0.1) is 0 Å². The van der Waals surface area contributed by atoms with Crippen molar-refractivity contribution in [3.63, 3.8) is 0 Å². The molecule has 0 spiro atoms. The summed E-state index contributed by atoms with van der Waals surface area (Å²) in [6.45, 7) is 16.6. The van der Waals surface area contributed by atoms with Crippen molar-refractivity contribution in [2.24, 2.45) is 23.7 Å². The van der Waals surface area contributed by atoms with Gasteiger partial charge in [0.25, 0.3) is 0 Å². The van der Waals surface area contributed by atoms with Crippen molar-refractivity contribution in [1.29, 1.82) is 0 Å². The first-order chi connectivity index (χ1) is 10.7. The van der Waals surface area contributed by atoms with E-state index in [9.17, 15) is 0 Å². The molecule has 3 unspecified atom stereocenters. The molecular formula is C20H42O2Si. The molecule has 2 nitrogen and oxygen atoms in total. The molecule has 1 fully saturated rings. The normalized spacial score (nSPS) is 28.2. The summed E-state index contributed by atoms with van der Waals surface area (Å²) in [5, 5.41) is 0.105. The minimum Gasteiger partial charge on any atom is -0.397 e. The molecule has 1 saturated carbocycles. The third-order valence-corrected chi connectivity index (χ3v) is 12.6. The highest BCUT2D eigenvalue weighted by Gasteiger charge is 2.62. The summed E-state index contributed by atoms with van der Waals surface area (Å²) >= 11 is 0. The highest BCUT2D eigenvalue weighted by Crippen LogP contribution is 2.59. The van der Waals surface area contributed by atoms with Crippen LogP contribution in [0.4, 0.5) is 0 Å². The maximum absolute atomic E-state index is 6.44. The molecule has 0 bridgehead atoms. The Kier molecular flexibility index (Phi) is 7.82. The lowest BCUT2D eigenvalue weighted by Crippen LogP contribution is -2.60. The Balaban J connectivity index is 3.39. The molecule has 0 aromatic heterocycles. The van der Waals surface area contributed by atoms with Crippen molar-refractivity contribution in [1.82, 2.24) is 0 Å². The predicted molar refractivity (Wildman–Crippen MR) is 103 cm³/mol. The molecule has 0 saturated heterocycles. The Bertz CT molecular complexity index is 338. The van der Waals surface area contributed by atoms with Gasteiger partial charge < -0.3 is 8.85 Å². The first kappa shape index (κ1) is 21.2. The van der Waals surface area contributed by atoms with Crippen LogP contribution >= 0.6 is 0 Å². The van der Waals surface area contributed by atoms with Gasteiger partial charge in [-0.25, -0.2) is 0 Å². The van der Waals surface area contributed by atoms with Crippen LogP contribution in [0.25, 0.3) is 0 Å². The van der Waals surface area contributed by atoms with Crippen LogP contribution in [-0.2, 0) is 8.85 Å². The zero-order valence-corrected chi connectivity index (χ0v) is 18.2. The lowest BCUT2D eigenvalue weighted by atomic mass is 9.78. The van der Waals surface area contributed by atoms with Gasteiger partial charge in [0.2, 0.25) is 0 Å². The van der Waals surface area contributed by atoms with E-state index in [2.05, 4.69) is 48.5 Å². The Hall–Kier alpha value is 0.137. The molecule has 0 aliphatic heterocycles. The number of hydrogen-bond donors (Lipinski definition) is 0. The van der Waals surface area contributed by atoms with E-state index in [1.54, 1.807) is 0 Å². The highest BCUT2D eigenvalue weighted by atomic mass is 28.4. The Labute approximate surface area is 147 Å². The smallest absolute Gasteiger partial charge is 0.347 e. The highest BCUT2D eigenvalue weighted by molar-refractivity contribution is 6.72. The molecule has 23 heavy (non-hydrogen) atoms. The molecular weight excluding hydrogens is 300 g/mol. The maximum atomic E-state index is 6.44. The van der Waals surface area contributed by atoms with E-state index in [1.165, 1.54) is 32.1 Å². The predicted octanol–water partition coefficient (Wildman–Crippen LogP) is 6.40. The van der Waals surface area contributed by atoms with Gasteiger partial charge in [0.1, 0.15) is 0 Å². The lowest BCUT2D eigenvalue weighted by Gasteiger charge is -2.55. The van der Waals surface area contributed by atoms with E-state index in [-0.39, 0.29) is 5.04 Å². The van der Waals surface area contributed by atoms with Gasteiger partial charge in [-0.15, -0.1) is 0 Å². The Morgan fingerprint density at radius 2 is 1.39 bits per heavy atom. The van der Waals surface area contributed by atoms with Gasteiger partial charge in [-0.3, -0.25) is 0 Å². The quantitative estimate of drug-likeness (QED) is 0.475. The van der Waals surface area contributed by atoms with E-state index in [0.29, 0.717) is 17.4 Å². The van der Waals surface area contributed by atoms with E-state index in [0.717, 1.165) is 11.8 Å². The van der Waals surface area contributed by atoms with Crippen molar-refractivity contribution in [3.8, 4) is 0 Å². The third kappa shape index (κ3) is 3.72. The molecule has 1 aliphatic carbocycles. The van der Waals surface area contributed by atoms with E-state index < -0.39 is 8.56 Å². The lowest BCUT2D eigenvalue weighted by molar-refractivity contribution is 0.117. The van der Waals surface area contributed by atoms with Crippen LogP contribution in [-0.4, -0.2) is 22.8 Å². The average molecular weight is 343 g/mol. The van der Waals surface area contributed by atoms with Crippen molar-refractivity contribution in [2.75, 3.05) is 14.2 Å². The van der Waals surface area contributed by atoms with Gasteiger partial charge in [-0.2, -0.15) is 0 Å². The molecule has 138 valence electrons. The molecule has 0 heterocycles. The van der Waals surface area contributed by atoms with E-state index in [4.69, 9.17) is 8.85 Å². The van der Waals surface area contributed by atoms with Gasteiger partial charge in [-0.1, -0.05) is 80.6 Å². The van der Waals surface area contributed by atoms with Crippen LogP contribution in [0.5, 0.6) is 0 Å². The van der Waals surface area contributed by atoms with Crippen LogP contribution in [0.2, 0.25) is 10.6 Å². The Morgan fingerprint density at radius 3 is 1.70 bits per heavy atom. The molecule has 0 aromatic rings. The summed E-state index contributed by atoms with van der Waals surface area (Å²) in [5.74, 6) is 2.76. The minimum atomic E-state index is -2.36. The second-order valence-electron chi connectivity index (χ2n) is 8.62. The number of rotatable bonds is 8. The van der Waals surface area contributed by atoms with E-state index in [1.807, 2.05) is 14.2 Å². The van der Waals surface area contributed by atoms with Crippen molar-refractivity contribution in [2.45, 2.75) is 91.1 Å². The fourth-order valence-electron chi connectivity index (χ4n) is 5.38. The minimum absolute atomic E-state index is 0.105. The maximum Gasteiger partial charge on any atom is 0.347 e. The first-order valence-corrected chi connectivity index (χ1v) is 11.7. The van der Waals surface area contributed by atoms with Crippen LogP contribution in [0.3, 0.4) is 0 Å². The standard InChI is InChI=1S/C20H42O2Si/c1-10-17-13-12-14-18(11-2)19(17)23(21-8,22-9)20(6,7)16(5)15(3)4/h15-19H,10-14H2,1-9H3. The molecule has 1 aliphatic rings. The van der Waals surface area contributed by atoms with Crippen LogP contribution in [0.15, 0.2) is 0 Å². The second-order valence-corrected chi connectivity index (χ2v) is 12.7. The van der Waals surface area contributed by atoms with Crippen LogP contribution in [0.1, 0.15) is 80.6 Å². The largest absolute Gasteiger partial charge is 0.397 e. The molecule has 0 aromatic carbocycles. The van der Waals surface area contributed by atoms with Crippen molar-refractivity contribution < 1.29 is 8.85 Å². The monoisotopic (exact) mass is 342 g/mol. The summed E-state index contributed by atoms with van der Waals surface area (Å²) in [7, 11) is 1.49. The molecule has 3 atom stereocenters. The van der Waals surface area contributed by atoms with Crippen LogP contribution in [0, 0.1) is 23.7 Å². The number of hydrogen-bond acceptors (Lipinski definition) is 2. The van der Waals surface area contributed by atoms with Gasteiger partial charge in [0.15, 0.2) is 0 Å². The van der Waals surface area contributed by atoms with Crippen LogP contribution < -0.4 is 0 Å². The molecule has 0 amide bonds. The summed E-state index contributed by atoms with van der Waals surface area (Å²) in [5.41, 5.74) is 0.623. The van der Waals surface area contributed by atoms with Gasteiger partial charge >= 0.3 is 8.56 Å². The second kappa shape index (κ2) is 8.49. The first-order valence-electron chi connectivity index (χ1n) is 9.83. The summed E-state index contributed by atoms with van der Waals surface area (Å²) in [6, 6.07) is 0.